The second-order valence-electron chi connectivity index (χ2n) is 4.05. The third kappa shape index (κ3) is 2.74. The first kappa shape index (κ1) is 15.0. The molecule has 8 heteroatoms. The van der Waals surface area contributed by atoms with Crippen molar-refractivity contribution in [3.8, 4) is 6.07 Å². The minimum Gasteiger partial charge on any atom is -0.477 e. The Morgan fingerprint density at radius 2 is 2.05 bits per heavy atom. The van der Waals surface area contributed by atoms with Crippen molar-refractivity contribution in [2.75, 3.05) is 11.4 Å². The van der Waals surface area contributed by atoms with Gasteiger partial charge in [0.25, 0.3) is 10.0 Å². The van der Waals surface area contributed by atoms with Gasteiger partial charge in [-0.05, 0) is 18.2 Å². The highest BCUT2D eigenvalue weighted by Crippen LogP contribution is 2.27. The zero-order chi connectivity index (χ0) is 15.6. The van der Waals surface area contributed by atoms with Gasteiger partial charge in [0.2, 0.25) is 0 Å². The highest BCUT2D eigenvalue weighted by atomic mass is 32.2. The van der Waals surface area contributed by atoms with Crippen LogP contribution in [0.25, 0.3) is 0 Å². The van der Waals surface area contributed by atoms with Crippen molar-refractivity contribution in [1.29, 1.82) is 5.26 Å². The van der Waals surface area contributed by atoms with Crippen molar-refractivity contribution in [2.24, 2.45) is 0 Å². The fraction of sp³-hybridized carbons (Fsp3) is 0.0769. The maximum absolute atomic E-state index is 12.5. The number of benzene rings is 1. The molecule has 6 nitrogen and oxygen atoms in total. The molecule has 0 aliphatic heterocycles. The van der Waals surface area contributed by atoms with Gasteiger partial charge in [0.1, 0.15) is 10.9 Å². The molecule has 0 saturated carbocycles. The molecule has 21 heavy (non-hydrogen) atoms. The molecule has 0 bridgehead atoms. The minimum absolute atomic E-state index is 0.0597. The summed E-state index contributed by atoms with van der Waals surface area (Å²) in [6.45, 7) is 0. The van der Waals surface area contributed by atoms with Crippen LogP contribution >= 0.6 is 11.3 Å². The van der Waals surface area contributed by atoms with Crippen molar-refractivity contribution >= 4 is 33.0 Å². The Kier molecular flexibility index (Phi) is 3.97. The summed E-state index contributed by atoms with van der Waals surface area (Å²) in [5.41, 5.74) is 0.459. The maximum Gasteiger partial charge on any atom is 0.345 e. The minimum atomic E-state index is -3.91. The van der Waals surface area contributed by atoms with Crippen molar-refractivity contribution < 1.29 is 18.3 Å². The molecule has 0 saturated heterocycles. The molecule has 0 fully saturated rings. The molecule has 1 aromatic heterocycles. The van der Waals surface area contributed by atoms with Crippen LogP contribution in [0.15, 0.2) is 40.6 Å². The molecule has 2 aromatic rings. The van der Waals surface area contributed by atoms with Gasteiger partial charge in [0.15, 0.2) is 0 Å². The normalized spacial score (nSPS) is 10.9. The number of nitriles is 1. The number of anilines is 1. The van der Waals surface area contributed by atoms with Gasteiger partial charge in [0.05, 0.1) is 16.1 Å². The molecule has 1 aromatic carbocycles. The molecule has 0 atom stereocenters. The van der Waals surface area contributed by atoms with Gasteiger partial charge in [0, 0.05) is 12.4 Å². The van der Waals surface area contributed by atoms with E-state index in [2.05, 4.69) is 0 Å². The second-order valence-corrected chi connectivity index (χ2v) is 6.93. The van der Waals surface area contributed by atoms with E-state index in [1.165, 1.54) is 24.6 Å². The van der Waals surface area contributed by atoms with E-state index < -0.39 is 16.0 Å². The average Bonchev–Trinajstić information content (AvgIpc) is 2.97. The maximum atomic E-state index is 12.5. The number of carboxylic acids is 1. The zero-order valence-corrected chi connectivity index (χ0v) is 12.5. The van der Waals surface area contributed by atoms with Crippen molar-refractivity contribution in [1.82, 2.24) is 0 Å². The number of para-hydroxylation sites is 1. The number of hydrogen-bond acceptors (Lipinski definition) is 5. The number of carbonyl (C=O) groups is 1. The third-order valence-corrected chi connectivity index (χ3v) is 5.62. The Labute approximate surface area is 125 Å². The van der Waals surface area contributed by atoms with Crippen LogP contribution in [0.4, 0.5) is 5.69 Å². The predicted molar refractivity (Wildman–Crippen MR) is 78.0 cm³/mol. The van der Waals surface area contributed by atoms with E-state index in [1.807, 2.05) is 6.07 Å². The quantitative estimate of drug-likeness (QED) is 0.930. The van der Waals surface area contributed by atoms with Gasteiger partial charge in [-0.1, -0.05) is 12.1 Å². The second kappa shape index (κ2) is 5.55. The van der Waals surface area contributed by atoms with Gasteiger partial charge >= 0.3 is 5.97 Å². The van der Waals surface area contributed by atoms with E-state index in [1.54, 1.807) is 12.1 Å². The lowest BCUT2D eigenvalue weighted by atomic mass is 10.2. The highest BCUT2D eigenvalue weighted by Gasteiger charge is 2.25. The molecule has 0 unspecified atom stereocenters. The van der Waals surface area contributed by atoms with E-state index >= 15 is 0 Å². The van der Waals surface area contributed by atoms with Gasteiger partial charge in [-0.3, -0.25) is 4.31 Å². The lowest BCUT2D eigenvalue weighted by Crippen LogP contribution is -2.26. The summed E-state index contributed by atoms with van der Waals surface area (Å²) in [4.78, 5) is 10.7. The molecule has 0 radical (unpaired) electrons. The third-order valence-electron chi connectivity index (χ3n) is 2.81. The van der Waals surface area contributed by atoms with E-state index in [0.29, 0.717) is 0 Å². The molecule has 1 N–H and O–H groups in total. The smallest absolute Gasteiger partial charge is 0.345 e. The van der Waals surface area contributed by atoms with Crippen LogP contribution in [-0.2, 0) is 10.0 Å². The molecule has 108 valence electrons. The first-order valence-electron chi connectivity index (χ1n) is 5.68. The number of nitrogens with zero attached hydrogens (tertiary/aromatic N) is 2. The summed E-state index contributed by atoms with van der Waals surface area (Å²) in [5, 5.41) is 19.2. The van der Waals surface area contributed by atoms with Crippen LogP contribution in [-0.4, -0.2) is 26.5 Å². The van der Waals surface area contributed by atoms with Crippen molar-refractivity contribution in [3.63, 3.8) is 0 Å². The Morgan fingerprint density at radius 1 is 1.38 bits per heavy atom. The molecule has 1 heterocycles. The molecular weight excluding hydrogens is 312 g/mol. The van der Waals surface area contributed by atoms with Crippen LogP contribution < -0.4 is 4.31 Å². The lowest BCUT2D eigenvalue weighted by Gasteiger charge is -2.19. The standard InChI is InChI=1S/C13H10N2O4S2/c1-15(11-5-3-2-4-9(11)7-14)21(18,19)10-6-12(13(16)17)20-8-10/h2-6,8H,1H3,(H,16,17). The summed E-state index contributed by atoms with van der Waals surface area (Å²) in [5.74, 6) is -1.18. The SMILES string of the molecule is CN(c1ccccc1C#N)S(=O)(=O)c1csc(C(=O)O)c1. The van der Waals surface area contributed by atoms with Gasteiger partial charge in [-0.2, -0.15) is 5.26 Å². The van der Waals surface area contributed by atoms with Gasteiger partial charge in [-0.25, -0.2) is 13.2 Å². The van der Waals surface area contributed by atoms with Gasteiger partial charge in [-0.15, -0.1) is 11.3 Å². The number of carboxylic acid groups (broad SMARTS) is 1. The summed E-state index contributed by atoms with van der Waals surface area (Å²) in [6.07, 6.45) is 0. The fourth-order valence-electron chi connectivity index (χ4n) is 1.70. The van der Waals surface area contributed by atoms with Crippen molar-refractivity contribution in [2.45, 2.75) is 4.90 Å². The summed E-state index contributed by atoms with van der Waals surface area (Å²) in [7, 11) is -2.58. The first-order valence-corrected chi connectivity index (χ1v) is 8.00. The molecule has 0 aliphatic carbocycles. The van der Waals surface area contributed by atoms with Crippen molar-refractivity contribution in [3.05, 3.63) is 46.2 Å². The number of sulfonamides is 1. The Balaban J connectivity index is 2.48. The van der Waals surface area contributed by atoms with Crippen LogP contribution in [0.2, 0.25) is 0 Å². The largest absolute Gasteiger partial charge is 0.477 e. The van der Waals surface area contributed by atoms with Gasteiger partial charge < -0.3 is 5.11 Å². The number of aromatic carboxylic acids is 1. The molecule has 0 spiro atoms. The number of thiophene rings is 1. The molecule has 0 aliphatic rings. The Bertz CT molecular complexity index is 834. The van der Waals surface area contributed by atoms with Crippen LogP contribution in [0, 0.1) is 11.3 Å². The van der Waals surface area contributed by atoms with E-state index in [4.69, 9.17) is 10.4 Å². The number of rotatable bonds is 4. The zero-order valence-electron chi connectivity index (χ0n) is 10.8. The summed E-state index contributed by atoms with van der Waals surface area (Å²) >= 11 is 0.837. The average molecular weight is 322 g/mol. The predicted octanol–water partition coefficient (Wildman–Crippen LogP) is 2.14. The molecular formula is C13H10N2O4S2. The van der Waals surface area contributed by atoms with E-state index in [9.17, 15) is 13.2 Å². The summed E-state index contributed by atoms with van der Waals surface area (Å²) in [6, 6.07) is 9.31. The first-order chi connectivity index (χ1) is 9.87. The van der Waals surface area contributed by atoms with Crippen LogP contribution in [0.1, 0.15) is 15.2 Å². The monoisotopic (exact) mass is 322 g/mol. The summed E-state index contributed by atoms with van der Waals surface area (Å²) < 4.78 is 25.9. The van der Waals surface area contributed by atoms with E-state index in [0.717, 1.165) is 21.7 Å². The molecule has 2 rings (SSSR count). The highest BCUT2D eigenvalue weighted by molar-refractivity contribution is 7.93. The number of hydrogen-bond donors (Lipinski definition) is 1. The Hall–Kier alpha value is -2.37. The van der Waals surface area contributed by atoms with Crippen LogP contribution in [0.5, 0.6) is 0 Å². The molecule has 0 amide bonds. The Morgan fingerprint density at radius 3 is 2.62 bits per heavy atom. The van der Waals surface area contributed by atoms with Crippen LogP contribution in [0.3, 0.4) is 0 Å². The topological polar surface area (TPSA) is 98.5 Å². The van der Waals surface area contributed by atoms with E-state index in [-0.39, 0.29) is 21.0 Å². The fourth-order valence-corrected chi connectivity index (χ4v) is 4.01. The lowest BCUT2D eigenvalue weighted by molar-refractivity contribution is 0.0702.